The molecular formula is C21H25F3N4O3. The van der Waals surface area contributed by atoms with Crippen molar-refractivity contribution in [2.24, 2.45) is 0 Å². The summed E-state index contributed by atoms with van der Waals surface area (Å²) in [6.07, 6.45) is 2.31. The second-order valence-electron chi connectivity index (χ2n) is 8.46. The van der Waals surface area contributed by atoms with Gasteiger partial charge in [-0.3, -0.25) is 4.79 Å². The summed E-state index contributed by atoms with van der Waals surface area (Å²) in [6, 6.07) is 0.293. The van der Waals surface area contributed by atoms with Gasteiger partial charge < -0.3 is 19.5 Å². The molecule has 3 rings (SSSR count). The number of alkyl carbamates (subject to hydrolysis) is 1. The SMILES string of the molecule is CC(C)(C)OC(=O)NC(CC(=O)N1CCn2ccnc2C1)Cc1cc(F)c(F)cc1F. The van der Waals surface area contributed by atoms with Crippen LogP contribution in [-0.2, 0) is 29.0 Å². The van der Waals surface area contributed by atoms with Gasteiger partial charge in [0.15, 0.2) is 11.6 Å². The number of aromatic nitrogens is 2. The molecule has 1 atom stereocenters. The van der Waals surface area contributed by atoms with Crippen molar-refractivity contribution < 1.29 is 27.5 Å². The summed E-state index contributed by atoms with van der Waals surface area (Å²) < 4.78 is 48.2. The molecule has 1 aliphatic rings. The fourth-order valence-electron chi connectivity index (χ4n) is 3.36. The number of hydrogen-bond acceptors (Lipinski definition) is 4. The summed E-state index contributed by atoms with van der Waals surface area (Å²) in [5, 5.41) is 2.56. The summed E-state index contributed by atoms with van der Waals surface area (Å²) in [4.78, 5) is 30.9. The molecule has 2 amide bonds. The van der Waals surface area contributed by atoms with Gasteiger partial charge in [-0.25, -0.2) is 22.9 Å². The molecule has 0 aliphatic carbocycles. The van der Waals surface area contributed by atoms with Crippen LogP contribution in [0.3, 0.4) is 0 Å². The van der Waals surface area contributed by atoms with Gasteiger partial charge in [-0.2, -0.15) is 0 Å². The fourth-order valence-corrected chi connectivity index (χ4v) is 3.36. The lowest BCUT2D eigenvalue weighted by molar-refractivity contribution is -0.133. The zero-order valence-electron chi connectivity index (χ0n) is 17.6. The maximum absolute atomic E-state index is 14.2. The predicted molar refractivity (Wildman–Crippen MR) is 105 cm³/mol. The molecule has 1 aliphatic heterocycles. The van der Waals surface area contributed by atoms with E-state index in [0.29, 0.717) is 25.7 Å². The van der Waals surface area contributed by atoms with E-state index in [2.05, 4.69) is 10.3 Å². The molecule has 1 unspecified atom stereocenters. The van der Waals surface area contributed by atoms with E-state index in [4.69, 9.17) is 4.74 Å². The highest BCUT2D eigenvalue weighted by molar-refractivity contribution is 5.78. The van der Waals surface area contributed by atoms with Crippen LogP contribution in [0.2, 0.25) is 0 Å². The molecule has 31 heavy (non-hydrogen) atoms. The molecule has 1 aromatic carbocycles. The quantitative estimate of drug-likeness (QED) is 0.728. The number of nitrogens with one attached hydrogen (secondary N) is 1. The van der Waals surface area contributed by atoms with Gasteiger partial charge in [0.1, 0.15) is 17.2 Å². The third-order valence-corrected chi connectivity index (χ3v) is 4.80. The molecule has 0 bridgehead atoms. The van der Waals surface area contributed by atoms with Crippen molar-refractivity contribution in [2.45, 2.75) is 58.3 Å². The van der Waals surface area contributed by atoms with Crippen LogP contribution in [0.25, 0.3) is 0 Å². The summed E-state index contributed by atoms with van der Waals surface area (Å²) in [5.41, 5.74) is -0.933. The van der Waals surface area contributed by atoms with Crippen molar-refractivity contribution in [3.63, 3.8) is 0 Å². The summed E-state index contributed by atoms with van der Waals surface area (Å²) in [7, 11) is 0. The summed E-state index contributed by atoms with van der Waals surface area (Å²) in [5.74, 6) is -3.01. The Hall–Kier alpha value is -3.04. The molecule has 1 aromatic heterocycles. The van der Waals surface area contributed by atoms with Crippen molar-refractivity contribution in [1.29, 1.82) is 0 Å². The average molecular weight is 438 g/mol. The van der Waals surface area contributed by atoms with Crippen LogP contribution in [0.4, 0.5) is 18.0 Å². The molecule has 2 heterocycles. The number of carbonyl (C=O) groups is 2. The Labute approximate surface area is 178 Å². The van der Waals surface area contributed by atoms with Crippen LogP contribution >= 0.6 is 0 Å². The van der Waals surface area contributed by atoms with Gasteiger partial charge in [-0.05, 0) is 38.8 Å². The smallest absolute Gasteiger partial charge is 0.407 e. The standard InChI is InChI=1S/C21H25F3N4O3/c1-21(2,3)31-20(30)26-14(8-13-9-16(23)17(24)11-15(13)22)10-19(29)28-7-6-27-5-4-25-18(27)12-28/h4-5,9,11,14H,6-8,10,12H2,1-3H3,(H,26,30). The summed E-state index contributed by atoms with van der Waals surface area (Å²) in [6.45, 7) is 6.39. The Bertz CT molecular complexity index is 971. The minimum atomic E-state index is -1.31. The van der Waals surface area contributed by atoms with Gasteiger partial charge in [-0.1, -0.05) is 0 Å². The minimum Gasteiger partial charge on any atom is -0.444 e. The van der Waals surface area contributed by atoms with E-state index in [1.54, 1.807) is 31.9 Å². The van der Waals surface area contributed by atoms with E-state index in [0.717, 1.165) is 11.9 Å². The monoisotopic (exact) mass is 438 g/mol. The third kappa shape index (κ3) is 5.99. The van der Waals surface area contributed by atoms with E-state index in [1.807, 2.05) is 10.8 Å². The van der Waals surface area contributed by atoms with Crippen LogP contribution in [0.1, 0.15) is 38.6 Å². The van der Waals surface area contributed by atoms with E-state index in [-0.39, 0.29) is 24.3 Å². The molecule has 168 valence electrons. The van der Waals surface area contributed by atoms with Crippen molar-refractivity contribution in [1.82, 2.24) is 19.8 Å². The lowest BCUT2D eigenvalue weighted by Crippen LogP contribution is -2.45. The van der Waals surface area contributed by atoms with E-state index < -0.39 is 35.2 Å². The number of benzene rings is 1. The first-order chi connectivity index (χ1) is 14.5. The highest BCUT2D eigenvalue weighted by atomic mass is 19.2. The highest BCUT2D eigenvalue weighted by Crippen LogP contribution is 2.18. The average Bonchev–Trinajstić information content (AvgIpc) is 3.12. The number of ether oxygens (including phenoxy) is 1. The number of imidazole rings is 1. The largest absolute Gasteiger partial charge is 0.444 e. The Balaban J connectivity index is 1.74. The number of halogens is 3. The van der Waals surface area contributed by atoms with Gasteiger partial charge in [0.25, 0.3) is 0 Å². The van der Waals surface area contributed by atoms with Crippen molar-refractivity contribution in [2.75, 3.05) is 6.54 Å². The van der Waals surface area contributed by atoms with Crippen molar-refractivity contribution in [3.8, 4) is 0 Å². The number of nitrogens with zero attached hydrogens (tertiary/aromatic N) is 3. The lowest BCUT2D eigenvalue weighted by atomic mass is 10.0. The molecule has 0 spiro atoms. The lowest BCUT2D eigenvalue weighted by Gasteiger charge is -2.30. The first-order valence-corrected chi connectivity index (χ1v) is 9.92. The summed E-state index contributed by atoms with van der Waals surface area (Å²) >= 11 is 0. The Morgan fingerprint density at radius 2 is 1.87 bits per heavy atom. The number of carbonyl (C=O) groups excluding carboxylic acids is 2. The zero-order valence-corrected chi connectivity index (χ0v) is 17.6. The number of amides is 2. The van der Waals surface area contributed by atoms with Crippen molar-refractivity contribution >= 4 is 12.0 Å². The van der Waals surface area contributed by atoms with Gasteiger partial charge in [0.05, 0.1) is 6.54 Å². The first kappa shape index (κ1) is 22.6. The van der Waals surface area contributed by atoms with Crippen LogP contribution in [0.15, 0.2) is 24.5 Å². The van der Waals surface area contributed by atoms with Gasteiger partial charge in [0, 0.05) is 44.0 Å². The topological polar surface area (TPSA) is 76.5 Å². The second-order valence-corrected chi connectivity index (χ2v) is 8.46. The normalized spacial score (nSPS) is 14.7. The molecule has 0 saturated carbocycles. The van der Waals surface area contributed by atoms with Crippen molar-refractivity contribution in [3.05, 3.63) is 53.4 Å². The molecule has 7 nitrogen and oxygen atoms in total. The molecular weight excluding hydrogens is 413 g/mol. The maximum atomic E-state index is 14.2. The fraction of sp³-hybridized carbons (Fsp3) is 0.476. The van der Waals surface area contributed by atoms with Crippen LogP contribution in [-0.4, -0.2) is 44.6 Å². The number of rotatable bonds is 5. The molecule has 0 saturated heterocycles. The number of fused-ring (bicyclic) bond motifs is 1. The molecule has 10 heteroatoms. The predicted octanol–water partition coefficient (Wildman–Crippen LogP) is 3.17. The zero-order chi connectivity index (χ0) is 22.8. The van der Waals surface area contributed by atoms with Crippen LogP contribution < -0.4 is 5.32 Å². The second kappa shape index (κ2) is 8.99. The van der Waals surface area contributed by atoms with Crippen LogP contribution in [0.5, 0.6) is 0 Å². The third-order valence-electron chi connectivity index (χ3n) is 4.80. The van der Waals surface area contributed by atoms with Gasteiger partial charge in [0.2, 0.25) is 5.91 Å². The maximum Gasteiger partial charge on any atom is 0.407 e. The highest BCUT2D eigenvalue weighted by Gasteiger charge is 2.27. The van der Waals surface area contributed by atoms with E-state index in [9.17, 15) is 22.8 Å². The molecule has 0 radical (unpaired) electrons. The first-order valence-electron chi connectivity index (χ1n) is 9.92. The minimum absolute atomic E-state index is 0.151. The van der Waals surface area contributed by atoms with E-state index >= 15 is 0 Å². The Morgan fingerprint density at radius 3 is 2.58 bits per heavy atom. The van der Waals surface area contributed by atoms with Gasteiger partial charge >= 0.3 is 6.09 Å². The van der Waals surface area contributed by atoms with Gasteiger partial charge in [-0.15, -0.1) is 0 Å². The number of hydrogen-bond donors (Lipinski definition) is 1. The Morgan fingerprint density at radius 1 is 1.16 bits per heavy atom. The van der Waals surface area contributed by atoms with Crippen LogP contribution in [0, 0.1) is 17.5 Å². The molecule has 2 aromatic rings. The van der Waals surface area contributed by atoms with E-state index in [1.165, 1.54) is 0 Å². The Kier molecular flexibility index (Phi) is 6.56. The molecule has 0 fully saturated rings. The molecule has 1 N–H and O–H groups in total.